The number of aryl methyl sites for hydroxylation is 2. The maximum atomic E-state index is 7.50. The van der Waals surface area contributed by atoms with Crippen molar-refractivity contribution in [2.24, 2.45) is 22.2 Å². The molecule has 6 aromatic rings. The Labute approximate surface area is 419 Å². The van der Waals surface area contributed by atoms with Crippen molar-refractivity contribution in [2.45, 2.75) is 139 Å². The summed E-state index contributed by atoms with van der Waals surface area (Å²) in [6, 6.07) is 39.9. The third-order valence-electron chi connectivity index (χ3n) is 17.8. The summed E-state index contributed by atoms with van der Waals surface area (Å²) in [5.41, 5.74) is 20.6. The van der Waals surface area contributed by atoms with E-state index in [-0.39, 0.29) is 23.0 Å². The quantitative estimate of drug-likeness (QED) is 0.114. The van der Waals surface area contributed by atoms with E-state index in [0.717, 1.165) is 30.7 Å². The summed E-state index contributed by atoms with van der Waals surface area (Å²) in [5.74, 6) is 1.78. The van der Waals surface area contributed by atoms with Crippen molar-refractivity contribution in [3.8, 4) is 0 Å². The van der Waals surface area contributed by atoms with Gasteiger partial charge in [0.2, 0.25) is 5.88 Å². The minimum Gasteiger partial charge on any atom is -0.440 e. The van der Waals surface area contributed by atoms with E-state index in [1.165, 1.54) is 129 Å². The molecule has 3 atom stereocenters. The van der Waals surface area contributed by atoms with Crippen LogP contribution in [0, 0.1) is 29.1 Å². The largest absolute Gasteiger partial charge is 0.440 e. The first-order valence-corrected chi connectivity index (χ1v) is 26.9. The van der Waals surface area contributed by atoms with E-state index in [9.17, 15) is 0 Å². The van der Waals surface area contributed by atoms with Gasteiger partial charge in [-0.15, -0.1) is 0 Å². The van der Waals surface area contributed by atoms with Crippen LogP contribution in [-0.2, 0) is 6.42 Å². The van der Waals surface area contributed by atoms with Gasteiger partial charge in [0.15, 0.2) is 0 Å². The van der Waals surface area contributed by atoms with E-state index in [0.29, 0.717) is 11.8 Å². The van der Waals surface area contributed by atoms with Crippen LogP contribution in [-0.4, -0.2) is 6.71 Å². The van der Waals surface area contributed by atoms with Crippen LogP contribution < -0.4 is 31.1 Å². The molecule has 0 bridgehead atoms. The third-order valence-corrected chi connectivity index (χ3v) is 17.8. The lowest BCUT2D eigenvalue weighted by Gasteiger charge is -2.57. The molecule has 3 aliphatic carbocycles. The summed E-state index contributed by atoms with van der Waals surface area (Å²) in [6.07, 6.45) is 23.5. The second-order valence-electron chi connectivity index (χ2n) is 23.3. The van der Waals surface area contributed by atoms with Gasteiger partial charge in [-0.2, -0.15) is 0 Å². The normalized spacial score (nSPS) is 21.0. The van der Waals surface area contributed by atoms with Crippen molar-refractivity contribution in [2.75, 3.05) is 14.7 Å². The van der Waals surface area contributed by atoms with Gasteiger partial charge in [0.1, 0.15) is 5.58 Å². The molecule has 3 heterocycles. The van der Waals surface area contributed by atoms with Crippen LogP contribution in [0.3, 0.4) is 0 Å². The predicted octanol–water partition coefficient (Wildman–Crippen LogP) is 16.8. The number of para-hydroxylation sites is 1. The molecule has 1 aromatic heterocycles. The highest BCUT2D eigenvalue weighted by molar-refractivity contribution is 7.01. The zero-order valence-electron chi connectivity index (χ0n) is 43.8. The molecule has 5 aliphatic rings. The number of rotatable bonds is 12. The molecule has 1 fully saturated rings. The molecule has 4 nitrogen and oxygen atoms in total. The minimum absolute atomic E-state index is 0.0568. The Bertz CT molecular complexity index is 3110. The standard InChI is InChI=1S/C65H74BN3O/c1-11-13-20-44(4)47-28-32-52-58(40-47)70-62-60(52)66-53-33-31-50(67(48-23-16-15-17-24-48)54-25-19-18-21-45(54)5)41-55(53)68(49-29-26-46(27-30-49)22-14-12-2)56-38-43(3)39-57(61(56)66)69(62)51-34-35-65(10)59(42-51)63(6,7)36-37-64(65,8)9/h15-19,23-34,38-42,44-45H,11-14,20-22,35-37H2,1-10H3/t44-,45?,65?/m0/s1. The molecular weight excluding hydrogens is 850 g/mol. The number of furan rings is 1. The van der Waals surface area contributed by atoms with Gasteiger partial charge in [0.05, 0.1) is 0 Å². The minimum atomic E-state index is -0.0568. The lowest BCUT2D eigenvalue weighted by molar-refractivity contribution is 0.0402. The zero-order valence-corrected chi connectivity index (χ0v) is 43.8. The Balaban J connectivity index is 1.18. The fraction of sp³-hybridized carbons (Fsp3) is 0.385. The highest BCUT2D eigenvalue weighted by Crippen LogP contribution is 2.63. The average molecular weight is 924 g/mol. The van der Waals surface area contributed by atoms with E-state index in [1.807, 2.05) is 0 Å². The SMILES string of the molecule is CCCCc1ccc(N2c3cc(N(C4=CC=CCC4C)c4ccccc4)ccc3B3c4c(cc(C)cc42)N(C2=CCC4(C)C(=C2)C(C)(C)CCC4(C)C)c2oc4cc([C@@H](C)CCCC)ccc4c23)cc1. The smallest absolute Gasteiger partial charge is 0.257 e. The molecule has 0 amide bonds. The van der Waals surface area contributed by atoms with Crippen molar-refractivity contribution in [3.05, 3.63) is 167 Å². The molecule has 358 valence electrons. The number of anilines is 7. The van der Waals surface area contributed by atoms with E-state index < -0.39 is 0 Å². The summed E-state index contributed by atoms with van der Waals surface area (Å²) >= 11 is 0. The van der Waals surface area contributed by atoms with Gasteiger partial charge < -0.3 is 14.2 Å². The lowest BCUT2D eigenvalue weighted by Crippen LogP contribution is -2.61. The first-order valence-electron chi connectivity index (χ1n) is 26.9. The highest BCUT2D eigenvalue weighted by atomic mass is 16.4. The second kappa shape index (κ2) is 17.7. The summed E-state index contributed by atoms with van der Waals surface area (Å²) < 4.78 is 7.50. The lowest BCUT2D eigenvalue weighted by atomic mass is 9.33. The summed E-state index contributed by atoms with van der Waals surface area (Å²) in [7, 11) is 0. The fourth-order valence-corrected chi connectivity index (χ4v) is 13.1. The molecule has 1 saturated carbocycles. The zero-order chi connectivity index (χ0) is 48.7. The van der Waals surface area contributed by atoms with Gasteiger partial charge in [0.25, 0.3) is 6.71 Å². The van der Waals surface area contributed by atoms with E-state index in [4.69, 9.17) is 4.42 Å². The van der Waals surface area contributed by atoms with Gasteiger partial charge >= 0.3 is 0 Å². The Kier molecular flexibility index (Phi) is 11.8. The molecule has 0 spiro atoms. The van der Waals surface area contributed by atoms with Gasteiger partial charge in [0, 0.05) is 62.3 Å². The van der Waals surface area contributed by atoms with Gasteiger partial charge in [-0.1, -0.05) is 154 Å². The average Bonchev–Trinajstić information content (AvgIpc) is 3.73. The Hall–Kier alpha value is -5.94. The summed E-state index contributed by atoms with van der Waals surface area (Å²) in [5, 5.41) is 1.21. The second-order valence-corrected chi connectivity index (χ2v) is 23.3. The number of allylic oxidation sites excluding steroid dienone is 7. The van der Waals surface area contributed by atoms with Gasteiger partial charge in [-0.3, -0.25) is 4.90 Å². The molecule has 5 aromatic carbocycles. The molecular formula is C65H74BN3O. The monoisotopic (exact) mass is 924 g/mol. The van der Waals surface area contributed by atoms with Crippen molar-refractivity contribution in [3.63, 3.8) is 0 Å². The maximum Gasteiger partial charge on any atom is 0.257 e. The van der Waals surface area contributed by atoms with Crippen LogP contribution in [0.4, 0.5) is 40.0 Å². The molecule has 2 unspecified atom stereocenters. The van der Waals surface area contributed by atoms with Crippen molar-refractivity contribution >= 4 is 74.1 Å². The third kappa shape index (κ3) is 7.55. The summed E-state index contributed by atoms with van der Waals surface area (Å²) in [4.78, 5) is 7.66. The van der Waals surface area contributed by atoms with Crippen LogP contribution in [0.5, 0.6) is 0 Å². The molecule has 11 rings (SSSR count). The van der Waals surface area contributed by atoms with E-state index in [2.05, 4.69) is 217 Å². The van der Waals surface area contributed by atoms with Crippen LogP contribution in [0.1, 0.15) is 143 Å². The Morgan fingerprint density at radius 1 is 0.786 bits per heavy atom. The first-order chi connectivity index (χ1) is 33.7. The topological polar surface area (TPSA) is 22.9 Å². The molecule has 2 aliphatic heterocycles. The number of hydrogen-bond acceptors (Lipinski definition) is 4. The summed E-state index contributed by atoms with van der Waals surface area (Å²) in [6.45, 7) is 24.1. The number of benzene rings is 5. The van der Waals surface area contributed by atoms with Crippen molar-refractivity contribution in [1.82, 2.24) is 0 Å². The molecule has 0 radical (unpaired) electrons. The number of unbranched alkanes of at least 4 members (excludes halogenated alkanes) is 2. The van der Waals surface area contributed by atoms with E-state index in [1.54, 1.807) is 5.57 Å². The van der Waals surface area contributed by atoms with Crippen LogP contribution >= 0.6 is 0 Å². The predicted molar refractivity (Wildman–Crippen MR) is 301 cm³/mol. The first kappa shape index (κ1) is 46.4. The highest BCUT2D eigenvalue weighted by Gasteiger charge is 2.54. The Morgan fingerprint density at radius 2 is 1.54 bits per heavy atom. The van der Waals surface area contributed by atoms with Crippen molar-refractivity contribution in [1.29, 1.82) is 0 Å². The molecule has 5 heteroatoms. The van der Waals surface area contributed by atoms with Crippen molar-refractivity contribution < 1.29 is 4.42 Å². The molecule has 0 saturated heterocycles. The molecule has 0 N–H and O–H groups in total. The number of nitrogens with zero attached hydrogens (tertiary/aromatic N) is 3. The molecule has 70 heavy (non-hydrogen) atoms. The number of fused-ring (bicyclic) bond motifs is 7. The van der Waals surface area contributed by atoms with Crippen LogP contribution in [0.15, 0.2) is 155 Å². The number of hydrogen-bond donors (Lipinski definition) is 0. The van der Waals surface area contributed by atoms with Gasteiger partial charge in [-0.25, -0.2) is 0 Å². The maximum absolute atomic E-state index is 7.50. The van der Waals surface area contributed by atoms with E-state index >= 15 is 0 Å². The van der Waals surface area contributed by atoms with Crippen LogP contribution in [0.2, 0.25) is 0 Å². The van der Waals surface area contributed by atoms with Crippen LogP contribution in [0.25, 0.3) is 11.0 Å². The fourth-order valence-electron chi connectivity index (χ4n) is 13.1. The van der Waals surface area contributed by atoms with Gasteiger partial charge in [-0.05, 0) is 168 Å². The Morgan fingerprint density at radius 3 is 2.29 bits per heavy atom.